The molecule has 0 radical (unpaired) electrons. The normalized spacial score (nSPS) is 24.7. The van der Waals surface area contributed by atoms with Gasteiger partial charge in [-0.3, -0.25) is 4.90 Å². The van der Waals surface area contributed by atoms with Crippen LogP contribution in [-0.2, 0) is 9.47 Å². The van der Waals surface area contributed by atoms with Gasteiger partial charge < -0.3 is 14.8 Å². The lowest BCUT2D eigenvalue weighted by atomic mass is 10.1. The van der Waals surface area contributed by atoms with E-state index in [1.54, 1.807) is 14.2 Å². The zero-order valence-electron chi connectivity index (χ0n) is 11.6. The van der Waals surface area contributed by atoms with Gasteiger partial charge in [0.15, 0.2) is 0 Å². The fraction of sp³-hybridized carbons (Fsp3) is 1.00. The van der Waals surface area contributed by atoms with E-state index in [1.165, 1.54) is 19.3 Å². The Hall–Kier alpha value is -0.160. The summed E-state index contributed by atoms with van der Waals surface area (Å²) in [5, 5.41) is 3.45. The lowest BCUT2D eigenvalue weighted by Crippen LogP contribution is -2.47. The molecule has 4 nitrogen and oxygen atoms in total. The largest absolute Gasteiger partial charge is 0.385 e. The summed E-state index contributed by atoms with van der Waals surface area (Å²) in [7, 11) is 5.62. The van der Waals surface area contributed by atoms with Crippen LogP contribution in [0.15, 0.2) is 0 Å². The third-order valence-corrected chi connectivity index (χ3v) is 3.70. The summed E-state index contributed by atoms with van der Waals surface area (Å²) in [6, 6.07) is 1.32. The van der Waals surface area contributed by atoms with Gasteiger partial charge >= 0.3 is 0 Å². The van der Waals surface area contributed by atoms with E-state index >= 15 is 0 Å². The van der Waals surface area contributed by atoms with Gasteiger partial charge in [-0.2, -0.15) is 0 Å². The van der Waals surface area contributed by atoms with E-state index < -0.39 is 0 Å². The van der Waals surface area contributed by atoms with Gasteiger partial charge in [-0.1, -0.05) is 6.42 Å². The molecule has 0 saturated heterocycles. The first kappa shape index (κ1) is 14.9. The number of methoxy groups -OCH3 is 2. The fourth-order valence-corrected chi connectivity index (χ4v) is 2.78. The fourth-order valence-electron chi connectivity index (χ4n) is 2.78. The Morgan fingerprint density at radius 1 is 1.12 bits per heavy atom. The first-order chi connectivity index (χ1) is 8.33. The Morgan fingerprint density at radius 2 is 1.88 bits per heavy atom. The smallest absolute Gasteiger partial charge is 0.0589 e. The van der Waals surface area contributed by atoms with E-state index in [4.69, 9.17) is 9.47 Å². The maximum absolute atomic E-state index is 5.21. The number of nitrogens with zero attached hydrogens (tertiary/aromatic N) is 1. The van der Waals surface area contributed by atoms with Crippen molar-refractivity contribution in [2.75, 3.05) is 47.6 Å². The van der Waals surface area contributed by atoms with E-state index in [0.717, 1.165) is 32.7 Å². The number of likely N-dealkylation sites (N-methyl/N-ethyl adjacent to an activating group) is 1. The second-order valence-corrected chi connectivity index (χ2v) is 4.77. The van der Waals surface area contributed by atoms with Crippen molar-refractivity contribution in [1.29, 1.82) is 0 Å². The Kier molecular flexibility index (Phi) is 7.77. The van der Waals surface area contributed by atoms with Crippen LogP contribution in [-0.4, -0.2) is 64.6 Å². The number of ether oxygens (including phenoxy) is 2. The maximum Gasteiger partial charge on any atom is 0.0589 e. The lowest BCUT2D eigenvalue weighted by molar-refractivity contribution is 0.0988. The van der Waals surface area contributed by atoms with Crippen molar-refractivity contribution in [3.63, 3.8) is 0 Å². The van der Waals surface area contributed by atoms with Crippen LogP contribution in [0.4, 0.5) is 0 Å². The van der Waals surface area contributed by atoms with Crippen LogP contribution in [0.5, 0.6) is 0 Å². The summed E-state index contributed by atoms with van der Waals surface area (Å²) < 4.78 is 10.4. The van der Waals surface area contributed by atoms with Gasteiger partial charge in [-0.25, -0.2) is 0 Å². The number of nitrogens with one attached hydrogen (secondary N) is 1. The van der Waals surface area contributed by atoms with Gasteiger partial charge in [0.1, 0.15) is 0 Å². The molecule has 0 aliphatic heterocycles. The van der Waals surface area contributed by atoms with E-state index in [-0.39, 0.29) is 0 Å². The molecule has 0 aromatic heterocycles. The van der Waals surface area contributed by atoms with Crippen LogP contribution in [0.3, 0.4) is 0 Å². The van der Waals surface area contributed by atoms with Crippen molar-refractivity contribution in [2.24, 2.45) is 0 Å². The van der Waals surface area contributed by atoms with E-state index in [9.17, 15) is 0 Å². The second-order valence-electron chi connectivity index (χ2n) is 4.77. The molecule has 1 fully saturated rings. The van der Waals surface area contributed by atoms with Crippen LogP contribution in [0.25, 0.3) is 0 Å². The van der Waals surface area contributed by atoms with Crippen LogP contribution in [0.2, 0.25) is 0 Å². The molecule has 1 saturated carbocycles. The molecule has 2 unspecified atom stereocenters. The van der Waals surface area contributed by atoms with Crippen molar-refractivity contribution >= 4 is 0 Å². The molecular formula is C13H28N2O2. The summed E-state index contributed by atoms with van der Waals surface area (Å²) in [4.78, 5) is 2.57. The summed E-state index contributed by atoms with van der Waals surface area (Å²) in [5.74, 6) is 0. The Morgan fingerprint density at radius 3 is 2.53 bits per heavy atom. The van der Waals surface area contributed by atoms with Gasteiger partial charge in [0.25, 0.3) is 0 Å². The van der Waals surface area contributed by atoms with Gasteiger partial charge in [0, 0.05) is 46.0 Å². The van der Waals surface area contributed by atoms with E-state index in [2.05, 4.69) is 17.3 Å². The van der Waals surface area contributed by atoms with E-state index in [1.807, 2.05) is 0 Å². The maximum atomic E-state index is 5.21. The van der Waals surface area contributed by atoms with Gasteiger partial charge in [-0.15, -0.1) is 0 Å². The predicted octanol–water partition coefficient (Wildman–Crippen LogP) is 1.11. The van der Waals surface area contributed by atoms with Crippen molar-refractivity contribution in [1.82, 2.24) is 10.2 Å². The van der Waals surface area contributed by atoms with Crippen LogP contribution >= 0.6 is 0 Å². The van der Waals surface area contributed by atoms with Gasteiger partial charge in [0.05, 0.1) is 6.61 Å². The summed E-state index contributed by atoms with van der Waals surface area (Å²) in [5.41, 5.74) is 0. The molecule has 0 bridgehead atoms. The highest BCUT2D eigenvalue weighted by atomic mass is 16.5. The minimum atomic E-state index is 0.648. The Labute approximate surface area is 106 Å². The van der Waals surface area contributed by atoms with Crippen molar-refractivity contribution in [3.05, 3.63) is 0 Å². The molecule has 0 heterocycles. The molecule has 0 amide bonds. The highest BCUT2D eigenvalue weighted by Crippen LogP contribution is 2.24. The zero-order valence-corrected chi connectivity index (χ0v) is 11.6. The monoisotopic (exact) mass is 244 g/mol. The molecule has 17 heavy (non-hydrogen) atoms. The second kappa shape index (κ2) is 8.86. The molecule has 102 valence electrons. The molecule has 0 spiro atoms. The third-order valence-electron chi connectivity index (χ3n) is 3.70. The number of hydrogen-bond acceptors (Lipinski definition) is 4. The standard InChI is InChI=1S/C13H28N2O2/c1-14-12-6-4-7-13(12)15(9-11-17-3)8-5-10-16-2/h12-14H,4-11H2,1-3H3. The molecule has 2 atom stereocenters. The van der Waals surface area contributed by atoms with E-state index in [0.29, 0.717) is 12.1 Å². The minimum Gasteiger partial charge on any atom is -0.385 e. The highest BCUT2D eigenvalue weighted by Gasteiger charge is 2.30. The molecule has 1 aliphatic carbocycles. The van der Waals surface area contributed by atoms with Gasteiger partial charge in [0.2, 0.25) is 0 Å². The van der Waals surface area contributed by atoms with Crippen molar-refractivity contribution in [3.8, 4) is 0 Å². The molecule has 4 heteroatoms. The first-order valence-corrected chi connectivity index (χ1v) is 6.72. The lowest BCUT2D eigenvalue weighted by Gasteiger charge is -2.32. The molecule has 1 N–H and O–H groups in total. The SMILES string of the molecule is CNC1CCCC1N(CCCOC)CCOC. The van der Waals surface area contributed by atoms with Gasteiger partial charge in [-0.05, 0) is 26.3 Å². The number of hydrogen-bond donors (Lipinski definition) is 1. The van der Waals surface area contributed by atoms with Crippen LogP contribution in [0, 0.1) is 0 Å². The van der Waals surface area contributed by atoms with Crippen LogP contribution in [0.1, 0.15) is 25.7 Å². The minimum absolute atomic E-state index is 0.648. The Balaban J connectivity index is 2.42. The first-order valence-electron chi connectivity index (χ1n) is 6.72. The summed E-state index contributed by atoms with van der Waals surface area (Å²) >= 11 is 0. The van der Waals surface area contributed by atoms with Crippen molar-refractivity contribution in [2.45, 2.75) is 37.8 Å². The molecular weight excluding hydrogens is 216 g/mol. The van der Waals surface area contributed by atoms with Crippen LogP contribution < -0.4 is 5.32 Å². The number of rotatable bonds is 9. The molecule has 1 rings (SSSR count). The predicted molar refractivity (Wildman–Crippen MR) is 70.4 cm³/mol. The third kappa shape index (κ3) is 4.92. The molecule has 0 aromatic rings. The molecule has 1 aliphatic rings. The quantitative estimate of drug-likeness (QED) is 0.616. The van der Waals surface area contributed by atoms with Crippen molar-refractivity contribution < 1.29 is 9.47 Å². The summed E-state index contributed by atoms with van der Waals surface area (Å²) in [6.45, 7) is 3.81. The molecule has 0 aromatic carbocycles. The Bertz CT molecular complexity index is 190. The average Bonchev–Trinajstić information content (AvgIpc) is 2.81. The zero-order chi connectivity index (χ0) is 12.5. The average molecular weight is 244 g/mol. The topological polar surface area (TPSA) is 33.7 Å². The highest BCUT2D eigenvalue weighted by molar-refractivity contribution is 4.89. The summed E-state index contributed by atoms with van der Waals surface area (Å²) in [6.07, 6.45) is 5.05.